The summed E-state index contributed by atoms with van der Waals surface area (Å²) in [6.45, 7) is 5.22. The van der Waals surface area contributed by atoms with Gasteiger partial charge in [-0.05, 0) is 38.6 Å². The van der Waals surface area contributed by atoms with Crippen molar-refractivity contribution in [2.24, 2.45) is 0 Å². The Hall–Kier alpha value is -1.07. The summed E-state index contributed by atoms with van der Waals surface area (Å²) < 4.78 is 6.63. The second kappa shape index (κ2) is 7.38. The second-order valence-electron chi connectivity index (χ2n) is 3.98. The van der Waals surface area contributed by atoms with Crippen LogP contribution in [-0.2, 0) is 11.3 Å². The average molecular weight is 315 g/mol. The molecule has 5 heteroatoms. The summed E-state index contributed by atoms with van der Waals surface area (Å²) in [6.07, 6.45) is 0. The molecule has 0 unspecified atom stereocenters. The molecule has 1 amide bonds. The summed E-state index contributed by atoms with van der Waals surface area (Å²) >= 11 is 3.46. The number of carbonyl (C=O) groups is 1. The van der Waals surface area contributed by atoms with Crippen molar-refractivity contribution in [1.82, 2.24) is 10.6 Å². The van der Waals surface area contributed by atoms with E-state index in [0.29, 0.717) is 13.1 Å². The lowest BCUT2D eigenvalue weighted by Gasteiger charge is -2.14. The Balaban J connectivity index is 2.82. The van der Waals surface area contributed by atoms with E-state index in [1.165, 1.54) is 0 Å². The van der Waals surface area contributed by atoms with Crippen LogP contribution in [0.15, 0.2) is 16.6 Å². The number of halogens is 1. The molecule has 0 aliphatic carbocycles. The molecular weight excluding hydrogens is 296 g/mol. The van der Waals surface area contributed by atoms with Crippen molar-refractivity contribution in [3.05, 3.63) is 27.7 Å². The van der Waals surface area contributed by atoms with Crippen LogP contribution in [0.4, 0.5) is 0 Å². The summed E-state index contributed by atoms with van der Waals surface area (Å²) in [4.78, 5) is 11.4. The van der Waals surface area contributed by atoms with Gasteiger partial charge in [0.1, 0.15) is 5.75 Å². The zero-order valence-electron chi connectivity index (χ0n) is 11.0. The third-order valence-corrected chi connectivity index (χ3v) is 2.86. The van der Waals surface area contributed by atoms with E-state index >= 15 is 0 Å². The van der Waals surface area contributed by atoms with Crippen LogP contribution in [-0.4, -0.2) is 26.1 Å². The molecule has 4 nitrogen and oxygen atoms in total. The number of rotatable bonds is 6. The topological polar surface area (TPSA) is 50.4 Å². The van der Waals surface area contributed by atoms with Gasteiger partial charge in [0.25, 0.3) is 5.91 Å². The highest BCUT2D eigenvalue weighted by Gasteiger charge is 2.10. The first kappa shape index (κ1) is 15.0. The molecule has 0 aliphatic heterocycles. The number of ether oxygens (including phenoxy) is 1. The number of carbonyl (C=O) groups excluding carboxylic acids is 1. The van der Waals surface area contributed by atoms with E-state index in [2.05, 4.69) is 26.6 Å². The second-order valence-corrected chi connectivity index (χ2v) is 4.90. The van der Waals surface area contributed by atoms with Crippen LogP contribution >= 0.6 is 15.9 Å². The zero-order valence-corrected chi connectivity index (χ0v) is 12.6. The van der Waals surface area contributed by atoms with Gasteiger partial charge >= 0.3 is 0 Å². The van der Waals surface area contributed by atoms with E-state index in [9.17, 15) is 4.79 Å². The van der Waals surface area contributed by atoms with Crippen LogP contribution in [0, 0.1) is 6.92 Å². The number of amides is 1. The van der Waals surface area contributed by atoms with Crippen molar-refractivity contribution in [2.75, 3.05) is 20.2 Å². The van der Waals surface area contributed by atoms with Crippen LogP contribution in [0.3, 0.4) is 0 Å². The number of likely N-dealkylation sites (N-methyl/N-ethyl adjacent to an activating group) is 1. The Morgan fingerprint density at radius 3 is 2.78 bits per heavy atom. The quantitative estimate of drug-likeness (QED) is 0.844. The molecule has 0 atom stereocenters. The van der Waals surface area contributed by atoms with Gasteiger partial charge in [0, 0.05) is 23.1 Å². The first-order chi connectivity index (χ1) is 8.58. The largest absolute Gasteiger partial charge is 0.483 e. The number of nitrogens with one attached hydrogen (secondary N) is 2. The predicted molar refractivity (Wildman–Crippen MR) is 75.8 cm³/mol. The standard InChI is InChI=1S/C13H19BrN2O2/c1-4-16-12(17)8-18-13-9(2)5-11(14)6-10(13)7-15-3/h5-6,15H,4,7-8H2,1-3H3,(H,16,17). The molecule has 0 heterocycles. The molecule has 100 valence electrons. The highest BCUT2D eigenvalue weighted by molar-refractivity contribution is 9.10. The Morgan fingerprint density at radius 1 is 1.44 bits per heavy atom. The monoisotopic (exact) mass is 314 g/mol. The van der Waals surface area contributed by atoms with Gasteiger partial charge in [0.2, 0.25) is 0 Å². The maximum Gasteiger partial charge on any atom is 0.257 e. The summed E-state index contributed by atoms with van der Waals surface area (Å²) in [5, 5.41) is 5.80. The molecule has 1 rings (SSSR count). The third-order valence-electron chi connectivity index (χ3n) is 2.41. The zero-order chi connectivity index (χ0) is 13.5. The molecule has 0 aromatic heterocycles. The fourth-order valence-electron chi connectivity index (χ4n) is 1.71. The van der Waals surface area contributed by atoms with Gasteiger partial charge < -0.3 is 15.4 Å². The van der Waals surface area contributed by atoms with Crippen LogP contribution in [0.25, 0.3) is 0 Å². The lowest BCUT2D eigenvalue weighted by molar-refractivity contribution is -0.123. The van der Waals surface area contributed by atoms with E-state index in [0.717, 1.165) is 21.3 Å². The minimum absolute atomic E-state index is 0.0486. The molecule has 0 radical (unpaired) electrons. The lowest BCUT2D eigenvalue weighted by atomic mass is 10.1. The number of hydrogen-bond acceptors (Lipinski definition) is 3. The van der Waals surface area contributed by atoms with Gasteiger partial charge in [0.05, 0.1) is 0 Å². The molecule has 0 spiro atoms. The van der Waals surface area contributed by atoms with E-state index in [1.54, 1.807) is 0 Å². The maximum absolute atomic E-state index is 11.4. The van der Waals surface area contributed by atoms with E-state index < -0.39 is 0 Å². The van der Waals surface area contributed by atoms with Crippen molar-refractivity contribution in [1.29, 1.82) is 0 Å². The minimum Gasteiger partial charge on any atom is -0.483 e. The van der Waals surface area contributed by atoms with Gasteiger partial charge in [-0.15, -0.1) is 0 Å². The SMILES string of the molecule is CCNC(=O)COc1c(C)cc(Br)cc1CNC. The molecule has 18 heavy (non-hydrogen) atoms. The average Bonchev–Trinajstić information content (AvgIpc) is 2.28. The van der Waals surface area contributed by atoms with Gasteiger partial charge in [-0.25, -0.2) is 0 Å². The summed E-state index contributed by atoms with van der Waals surface area (Å²) in [5.74, 6) is 0.675. The molecule has 0 aliphatic rings. The van der Waals surface area contributed by atoms with Crippen LogP contribution < -0.4 is 15.4 Å². The van der Waals surface area contributed by atoms with Gasteiger partial charge in [0.15, 0.2) is 6.61 Å². The summed E-state index contributed by atoms with van der Waals surface area (Å²) in [7, 11) is 1.88. The Labute approximate surface area is 116 Å². The highest BCUT2D eigenvalue weighted by atomic mass is 79.9. The van der Waals surface area contributed by atoms with Crippen molar-refractivity contribution in [3.8, 4) is 5.75 Å². The number of benzene rings is 1. The molecule has 1 aromatic carbocycles. The fraction of sp³-hybridized carbons (Fsp3) is 0.462. The molecule has 2 N–H and O–H groups in total. The van der Waals surface area contributed by atoms with Crippen LogP contribution in [0.5, 0.6) is 5.75 Å². The fourth-order valence-corrected chi connectivity index (χ4v) is 2.33. The first-order valence-electron chi connectivity index (χ1n) is 5.91. The van der Waals surface area contributed by atoms with E-state index in [4.69, 9.17) is 4.74 Å². The molecule has 0 bridgehead atoms. The van der Waals surface area contributed by atoms with Gasteiger partial charge in [-0.1, -0.05) is 15.9 Å². The third kappa shape index (κ3) is 4.31. The van der Waals surface area contributed by atoms with E-state index in [1.807, 2.05) is 33.0 Å². The van der Waals surface area contributed by atoms with Crippen molar-refractivity contribution in [3.63, 3.8) is 0 Å². The first-order valence-corrected chi connectivity index (χ1v) is 6.70. The summed E-state index contributed by atoms with van der Waals surface area (Å²) in [5.41, 5.74) is 2.05. The van der Waals surface area contributed by atoms with Crippen molar-refractivity contribution in [2.45, 2.75) is 20.4 Å². The van der Waals surface area contributed by atoms with Crippen molar-refractivity contribution < 1.29 is 9.53 Å². The number of hydrogen-bond donors (Lipinski definition) is 2. The predicted octanol–water partition coefficient (Wildman–Crippen LogP) is 1.99. The van der Waals surface area contributed by atoms with Crippen molar-refractivity contribution >= 4 is 21.8 Å². The van der Waals surface area contributed by atoms with Crippen LogP contribution in [0.1, 0.15) is 18.1 Å². The molecule has 0 saturated heterocycles. The Kier molecular flexibility index (Phi) is 6.15. The lowest BCUT2D eigenvalue weighted by Crippen LogP contribution is -2.28. The smallest absolute Gasteiger partial charge is 0.257 e. The van der Waals surface area contributed by atoms with E-state index in [-0.39, 0.29) is 12.5 Å². The number of aryl methyl sites for hydroxylation is 1. The molecule has 0 fully saturated rings. The van der Waals surface area contributed by atoms with Gasteiger partial charge in [-0.2, -0.15) is 0 Å². The molecule has 0 saturated carbocycles. The molecule has 1 aromatic rings. The van der Waals surface area contributed by atoms with Gasteiger partial charge in [-0.3, -0.25) is 4.79 Å². The summed E-state index contributed by atoms with van der Waals surface area (Å²) in [6, 6.07) is 3.97. The highest BCUT2D eigenvalue weighted by Crippen LogP contribution is 2.28. The normalized spacial score (nSPS) is 10.2. The Morgan fingerprint density at radius 2 is 2.17 bits per heavy atom. The molecular formula is C13H19BrN2O2. The van der Waals surface area contributed by atoms with Crippen LogP contribution in [0.2, 0.25) is 0 Å². The maximum atomic E-state index is 11.4. The Bertz CT molecular complexity index is 422. The minimum atomic E-state index is -0.102.